The van der Waals surface area contributed by atoms with Gasteiger partial charge in [0.25, 0.3) is 0 Å². The summed E-state index contributed by atoms with van der Waals surface area (Å²) in [6, 6.07) is 2.20. The third kappa shape index (κ3) is 4.40. The molecule has 2 rings (SSSR count). The van der Waals surface area contributed by atoms with Gasteiger partial charge in [-0.15, -0.1) is 5.10 Å². The summed E-state index contributed by atoms with van der Waals surface area (Å²) >= 11 is 0. The zero-order chi connectivity index (χ0) is 15.1. The summed E-state index contributed by atoms with van der Waals surface area (Å²) in [7, 11) is 0. The summed E-state index contributed by atoms with van der Waals surface area (Å²) in [5.41, 5.74) is 2.27. The van der Waals surface area contributed by atoms with Crippen molar-refractivity contribution < 1.29 is 4.74 Å². The van der Waals surface area contributed by atoms with Crippen molar-refractivity contribution in [3.8, 4) is 6.07 Å². The Balaban J connectivity index is 1.81. The molecule has 1 N–H and O–H groups in total. The van der Waals surface area contributed by atoms with Gasteiger partial charge in [-0.1, -0.05) is 25.7 Å². The van der Waals surface area contributed by atoms with Gasteiger partial charge in [0.15, 0.2) is 5.82 Å². The third-order valence-electron chi connectivity index (χ3n) is 4.12. The maximum Gasteiger partial charge on any atom is 0.167 e. The van der Waals surface area contributed by atoms with Crippen molar-refractivity contribution in [2.75, 3.05) is 18.5 Å². The smallest absolute Gasteiger partial charge is 0.167 e. The van der Waals surface area contributed by atoms with Crippen molar-refractivity contribution in [1.29, 1.82) is 5.26 Å². The molecule has 1 heterocycles. The summed E-state index contributed by atoms with van der Waals surface area (Å²) in [6.45, 7) is 5.06. The molecule has 1 aromatic heterocycles. The van der Waals surface area contributed by atoms with Crippen molar-refractivity contribution >= 4 is 5.82 Å². The van der Waals surface area contributed by atoms with Crippen LogP contribution in [0.25, 0.3) is 0 Å². The minimum absolute atomic E-state index is 0.399. The van der Waals surface area contributed by atoms with Crippen LogP contribution in [0.3, 0.4) is 0 Å². The van der Waals surface area contributed by atoms with E-state index in [1.54, 1.807) is 0 Å². The largest absolute Gasteiger partial charge is 0.376 e. The van der Waals surface area contributed by atoms with Crippen LogP contribution in [0.5, 0.6) is 0 Å². The van der Waals surface area contributed by atoms with E-state index in [9.17, 15) is 5.26 Å². The molecule has 5 nitrogen and oxygen atoms in total. The Morgan fingerprint density at radius 1 is 1.19 bits per heavy atom. The molecule has 5 heteroatoms. The Morgan fingerprint density at radius 2 is 1.90 bits per heavy atom. The number of ether oxygens (including phenoxy) is 1. The van der Waals surface area contributed by atoms with Gasteiger partial charge in [0.2, 0.25) is 0 Å². The highest BCUT2D eigenvalue weighted by molar-refractivity contribution is 5.55. The standard InChI is InChI=1S/C16H24N4O/c1-12-13(2)19-20-16(15(12)11-17)18-9-10-21-14-7-5-3-4-6-8-14/h14H,3-10H2,1-2H3,(H,18,20). The van der Waals surface area contributed by atoms with Crippen LogP contribution in [0.4, 0.5) is 5.82 Å². The van der Waals surface area contributed by atoms with Crippen molar-refractivity contribution in [2.45, 2.75) is 58.5 Å². The first kappa shape index (κ1) is 15.7. The van der Waals surface area contributed by atoms with E-state index in [2.05, 4.69) is 21.6 Å². The van der Waals surface area contributed by atoms with Gasteiger partial charge in [-0.25, -0.2) is 0 Å². The Bertz CT molecular complexity index is 502. The first-order valence-electron chi connectivity index (χ1n) is 7.82. The molecule has 0 aromatic carbocycles. The number of aromatic nitrogens is 2. The number of anilines is 1. The summed E-state index contributed by atoms with van der Waals surface area (Å²) in [5, 5.41) is 20.5. The quantitative estimate of drug-likeness (QED) is 0.666. The van der Waals surface area contributed by atoms with Gasteiger partial charge >= 0.3 is 0 Å². The molecule has 1 aliphatic rings. The van der Waals surface area contributed by atoms with Gasteiger partial charge < -0.3 is 10.1 Å². The minimum Gasteiger partial charge on any atom is -0.376 e. The maximum absolute atomic E-state index is 9.23. The molecule has 0 atom stereocenters. The third-order valence-corrected chi connectivity index (χ3v) is 4.12. The van der Waals surface area contributed by atoms with Crippen LogP contribution in [0, 0.1) is 25.2 Å². The van der Waals surface area contributed by atoms with E-state index in [1.807, 2.05) is 13.8 Å². The maximum atomic E-state index is 9.23. The van der Waals surface area contributed by atoms with Crippen LogP contribution in [-0.4, -0.2) is 29.5 Å². The number of nitrogens with one attached hydrogen (secondary N) is 1. The monoisotopic (exact) mass is 288 g/mol. The number of aryl methyl sites for hydroxylation is 1. The fourth-order valence-corrected chi connectivity index (χ4v) is 2.67. The summed E-state index contributed by atoms with van der Waals surface area (Å²) in [5.74, 6) is 0.560. The average Bonchev–Trinajstić information content (AvgIpc) is 2.76. The molecular formula is C16H24N4O. The summed E-state index contributed by atoms with van der Waals surface area (Å²) in [4.78, 5) is 0. The predicted octanol–water partition coefficient (Wildman–Crippen LogP) is 3.12. The van der Waals surface area contributed by atoms with E-state index in [-0.39, 0.29) is 0 Å². The van der Waals surface area contributed by atoms with Crippen LogP contribution in [0.1, 0.15) is 55.3 Å². The van der Waals surface area contributed by atoms with E-state index in [4.69, 9.17) is 4.74 Å². The van der Waals surface area contributed by atoms with Crippen molar-refractivity contribution in [3.05, 3.63) is 16.8 Å². The zero-order valence-corrected chi connectivity index (χ0v) is 13.0. The molecule has 1 saturated carbocycles. The van der Waals surface area contributed by atoms with Crippen molar-refractivity contribution in [3.63, 3.8) is 0 Å². The molecule has 1 aromatic rings. The molecule has 0 aliphatic heterocycles. The fourth-order valence-electron chi connectivity index (χ4n) is 2.67. The van der Waals surface area contributed by atoms with E-state index in [1.165, 1.54) is 38.5 Å². The first-order valence-corrected chi connectivity index (χ1v) is 7.82. The van der Waals surface area contributed by atoms with Gasteiger partial charge in [0, 0.05) is 6.54 Å². The second-order valence-electron chi connectivity index (χ2n) is 5.66. The fraction of sp³-hybridized carbons (Fsp3) is 0.688. The molecule has 0 spiro atoms. The molecule has 1 aliphatic carbocycles. The normalized spacial score (nSPS) is 16.2. The molecule has 114 valence electrons. The van der Waals surface area contributed by atoms with E-state index >= 15 is 0 Å². The Labute approximate surface area is 126 Å². The van der Waals surface area contributed by atoms with Gasteiger partial charge in [0.05, 0.1) is 18.4 Å². The predicted molar refractivity (Wildman–Crippen MR) is 82.2 cm³/mol. The second-order valence-corrected chi connectivity index (χ2v) is 5.66. The number of nitrogens with zero attached hydrogens (tertiary/aromatic N) is 3. The van der Waals surface area contributed by atoms with Crippen LogP contribution in [-0.2, 0) is 4.74 Å². The van der Waals surface area contributed by atoms with Crippen LogP contribution >= 0.6 is 0 Å². The molecule has 0 amide bonds. The SMILES string of the molecule is Cc1nnc(NCCOC2CCCCCC2)c(C#N)c1C. The molecule has 0 unspecified atom stereocenters. The first-order chi connectivity index (χ1) is 10.2. The highest BCUT2D eigenvalue weighted by Gasteiger charge is 2.13. The van der Waals surface area contributed by atoms with E-state index < -0.39 is 0 Å². The van der Waals surface area contributed by atoms with Crippen LogP contribution in [0.2, 0.25) is 0 Å². The van der Waals surface area contributed by atoms with E-state index in [0.717, 1.165) is 11.3 Å². The average molecular weight is 288 g/mol. The Hall–Kier alpha value is -1.67. The Kier molecular flexibility index (Phi) is 5.94. The van der Waals surface area contributed by atoms with E-state index in [0.29, 0.717) is 30.6 Å². The van der Waals surface area contributed by atoms with Gasteiger partial charge in [-0.05, 0) is 32.3 Å². The summed E-state index contributed by atoms with van der Waals surface area (Å²) < 4.78 is 5.92. The molecular weight excluding hydrogens is 264 g/mol. The molecule has 21 heavy (non-hydrogen) atoms. The minimum atomic E-state index is 0.399. The lowest BCUT2D eigenvalue weighted by molar-refractivity contribution is 0.0501. The molecule has 0 saturated heterocycles. The number of nitriles is 1. The molecule has 1 fully saturated rings. The number of hydrogen-bond acceptors (Lipinski definition) is 5. The van der Waals surface area contributed by atoms with Gasteiger partial charge in [-0.3, -0.25) is 0 Å². The highest BCUT2D eigenvalue weighted by atomic mass is 16.5. The second kappa shape index (κ2) is 7.94. The van der Waals surface area contributed by atoms with Crippen LogP contribution < -0.4 is 5.32 Å². The topological polar surface area (TPSA) is 70.8 Å². The van der Waals surface area contributed by atoms with Gasteiger partial charge in [0.1, 0.15) is 11.6 Å². The zero-order valence-electron chi connectivity index (χ0n) is 13.0. The number of hydrogen-bond donors (Lipinski definition) is 1. The Morgan fingerprint density at radius 3 is 2.57 bits per heavy atom. The summed E-state index contributed by atoms with van der Waals surface area (Å²) in [6.07, 6.45) is 7.97. The van der Waals surface area contributed by atoms with Crippen LogP contribution in [0.15, 0.2) is 0 Å². The van der Waals surface area contributed by atoms with Gasteiger partial charge in [-0.2, -0.15) is 10.4 Å². The highest BCUT2D eigenvalue weighted by Crippen LogP contribution is 2.20. The number of rotatable bonds is 5. The molecule has 0 radical (unpaired) electrons. The lowest BCUT2D eigenvalue weighted by atomic mass is 10.1. The molecule has 0 bridgehead atoms. The van der Waals surface area contributed by atoms with Crippen molar-refractivity contribution in [2.24, 2.45) is 0 Å². The lowest BCUT2D eigenvalue weighted by Gasteiger charge is -2.16. The lowest BCUT2D eigenvalue weighted by Crippen LogP contribution is -2.18. The van der Waals surface area contributed by atoms with Crippen molar-refractivity contribution in [1.82, 2.24) is 10.2 Å².